The molecule has 0 bridgehead atoms. The average Bonchev–Trinajstić information content (AvgIpc) is 3.29. The van der Waals surface area contributed by atoms with Gasteiger partial charge in [0.25, 0.3) is 0 Å². The standard InChI is InChI=1S/C22H43OS/c1-2-3-19-24(22-16-10-11-17-22)20-12-8-6-4-5-7-9-14-21-15-13-18-23-21/h21-22H,2-20H2,1H3/q+1. The minimum Gasteiger partial charge on any atom is -0.378 e. The van der Waals surface area contributed by atoms with Crippen LogP contribution >= 0.6 is 0 Å². The third kappa shape index (κ3) is 8.61. The molecule has 1 aliphatic heterocycles. The van der Waals surface area contributed by atoms with Gasteiger partial charge in [-0.05, 0) is 75.1 Å². The van der Waals surface area contributed by atoms with Crippen LogP contribution in [0.5, 0.6) is 0 Å². The van der Waals surface area contributed by atoms with Gasteiger partial charge in [-0.15, -0.1) is 0 Å². The van der Waals surface area contributed by atoms with E-state index in [1.54, 1.807) is 24.3 Å². The lowest BCUT2D eigenvalue weighted by atomic mass is 10.1. The number of hydrogen-bond donors (Lipinski definition) is 0. The largest absolute Gasteiger partial charge is 0.378 e. The van der Waals surface area contributed by atoms with Gasteiger partial charge in [0.1, 0.15) is 16.8 Å². The highest BCUT2D eigenvalue weighted by atomic mass is 32.2. The molecule has 0 aromatic carbocycles. The summed E-state index contributed by atoms with van der Waals surface area (Å²) >= 11 is 0. The molecule has 0 aromatic rings. The third-order valence-electron chi connectivity index (χ3n) is 5.99. The molecule has 2 fully saturated rings. The van der Waals surface area contributed by atoms with Crippen LogP contribution in [-0.2, 0) is 15.6 Å². The van der Waals surface area contributed by atoms with Gasteiger partial charge in [0, 0.05) is 6.61 Å². The Labute approximate surface area is 155 Å². The zero-order valence-electron chi connectivity index (χ0n) is 16.4. The molecular formula is C22H43OS+. The van der Waals surface area contributed by atoms with Crippen LogP contribution < -0.4 is 0 Å². The van der Waals surface area contributed by atoms with Gasteiger partial charge in [0.2, 0.25) is 0 Å². The topological polar surface area (TPSA) is 9.23 Å². The second-order valence-corrected chi connectivity index (χ2v) is 10.7. The molecule has 0 aromatic heterocycles. The highest BCUT2D eigenvalue weighted by Gasteiger charge is 2.31. The SMILES string of the molecule is CCCC[S+](CCCCCCCCCC1CCCO1)C1CCCC1. The molecule has 0 radical (unpaired) electrons. The van der Waals surface area contributed by atoms with Crippen molar-refractivity contribution in [2.45, 2.75) is 121 Å². The van der Waals surface area contributed by atoms with E-state index in [9.17, 15) is 0 Å². The predicted octanol–water partition coefficient (Wildman–Crippen LogP) is 6.65. The number of hydrogen-bond acceptors (Lipinski definition) is 1. The van der Waals surface area contributed by atoms with Gasteiger partial charge in [-0.2, -0.15) is 0 Å². The Bertz CT molecular complexity index is 282. The van der Waals surface area contributed by atoms with E-state index in [4.69, 9.17) is 4.74 Å². The Kier molecular flexibility index (Phi) is 11.6. The summed E-state index contributed by atoms with van der Waals surface area (Å²) in [6.07, 6.45) is 23.8. The Balaban J connectivity index is 1.41. The van der Waals surface area contributed by atoms with Crippen molar-refractivity contribution in [1.82, 2.24) is 0 Å². The number of unbranched alkanes of at least 4 members (excludes halogenated alkanes) is 7. The van der Waals surface area contributed by atoms with Crippen molar-refractivity contribution < 1.29 is 4.74 Å². The highest BCUT2D eigenvalue weighted by molar-refractivity contribution is 7.97. The molecule has 1 nitrogen and oxygen atoms in total. The van der Waals surface area contributed by atoms with Crippen molar-refractivity contribution in [3.63, 3.8) is 0 Å². The van der Waals surface area contributed by atoms with Crippen molar-refractivity contribution in [1.29, 1.82) is 0 Å². The molecule has 1 heterocycles. The summed E-state index contributed by atoms with van der Waals surface area (Å²) in [6, 6.07) is 0. The molecular weight excluding hydrogens is 312 g/mol. The zero-order chi connectivity index (χ0) is 16.9. The van der Waals surface area contributed by atoms with Gasteiger partial charge < -0.3 is 4.74 Å². The van der Waals surface area contributed by atoms with E-state index < -0.39 is 0 Å². The van der Waals surface area contributed by atoms with E-state index in [0.717, 1.165) is 22.8 Å². The highest BCUT2D eigenvalue weighted by Crippen LogP contribution is 2.28. The molecule has 0 N–H and O–H groups in total. The first-order chi connectivity index (χ1) is 11.9. The van der Waals surface area contributed by atoms with Crippen LogP contribution in [-0.4, -0.2) is 29.5 Å². The summed E-state index contributed by atoms with van der Waals surface area (Å²) in [7, 11) is 0.775. The molecule has 2 rings (SSSR count). The van der Waals surface area contributed by atoms with Gasteiger partial charge in [-0.25, -0.2) is 0 Å². The maximum absolute atomic E-state index is 5.71. The monoisotopic (exact) mass is 355 g/mol. The molecule has 0 spiro atoms. The molecule has 142 valence electrons. The van der Waals surface area contributed by atoms with Crippen molar-refractivity contribution in [3.05, 3.63) is 0 Å². The number of ether oxygens (including phenoxy) is 1. The lowest BCUT2D eigenvalue weighted by molar-refractivity contribution is 0.102. The fourth-order valence-corrected chi connectivity index (χ4v) is 7.51. The average molecular weight is 356 g/mol. The van der Waals surface area contributed by atoms with Gasteiger partial charge in [0.15, 0.2) is 0 Å². The van der Waals surface area contributed by atoms with Crippen LogP contribution in [0.15, 0.2) is 0 Å². The quantitative estimate of drug-likeness (QED) is 0.250. The molecule has 1 saturated heterocycles. The van der Waals surface area contributed by atoms with E-state index in [1.165, 1.54) is 89.9 Å². The van der Waals surface area contributed by atoms with E-state index in [-0.39, 0.29) is 0 Å². The Hall–Kier alpha value is 0.310. The molecule has 24 heavy (non-hydrogen) atoms. The van der Waals surface area contributed by atoms with Gasteiger partial charge in [-0.1, -0.05) is 45.4 Å². The maximum atomic E-state index is 5.71. The Morgan fingerprint density at radius 2 is 1.42 bits per heavy atom. The summed E-state index contributed by atoms with van der Waals surface area (Å²) < 4.78 is 5.71. The van der Waals surface area contributed by atoms with Crippen LogP contribution in [0.3, 0.4) is 0 Å². The lowest BCUT2D eigenvalue weighted by Crippen LogP contribution is -2.25. The van der Waals surface area contributed by atoms with Gasteiger partial charge >= 0.3 is 0 Å². The van der Waals surface area contributed by atoms with Crippen molar-refractivity contribution >= 4 is 10.9 Å². The van der Waals surface area contributed by atoms with Crippen molar-refractivity contribution in [2.75, 3.05) is 18.1 Å². The van der Waals surface area contributed by atoms with Gasteiger partial charge in [0.05, 0.1) is 6.10 Å². The first-order valence-electron chi connectivity index (χ1n) is 11.2. The summed E-state index contributed by atoms with van der Waals surface area (Å²) in [6.45, 7) is 3.38. The van der Waals surface area contributed by atoms with Gasteiger partial charge in [-0.3, -0.25) is 0 Å². The number of rotatable bonds is 14. The van der Waals surface area contributed by atoms with Crippen LogP contribution in [0.2, 0.25) is 0 Å². The second-order valence-electron chi connectivity index (χ2n) is 8.10. The summed E-state index contributed by atoms with van der Waals surface area (Å²) in [4.78, 5) is 0. The van der Waals surface area contributed by atoms with Crippen LogP contribution in [0, 0.1) is 0 Å². The van der Waals surface area contributed by atoms with Crippen LogP contribution in [0.4, 0.5) is 0 Å². The zero-order valence-corrected chi connectivity index (χ0v) is 17.2. The smallest absolute Gasteiger partial charge is 0.118 e. The lowest BCUT2D eigenvalue weighted by Gasteiger charge is -2.14. The van der Waals surface area contributed by atoms with Crippen LogP contribution in [0.25, 0.3) is 0 Å². The molecule has 2 aliphatic rings. The molecule has 1 aliphatic carbocycles. The maximum Gasteiger partial charge on any atom is 0.118 e. The van der Waals surface area contributed by atoms with Crippen LogP contribution in [0.1, 0.15) is 110 Å². The molecule has 1 saturated carbocycles. The Morgan fingerprint density at radius 1 is 0.750 bits per heavy atom. The van der Waals surface area contributed by atoms with E-state index >= 15 is 0 Å². The van der Waals surface area contributed by atoms with Crippen molar-refractivity contribution in [2.24, 2.45) is 0 Å². The van der Waals surface area contributed by atoms with E-state index in [0.29, 0.717) is 6.10 Å². The first-order valence-corrected chi connectivity index (χ1v) is 12.8. The van der Waals surface area contributed by atoms with E-state index in [2.05, 4.69) is 6.92 Å². The summed E-state index contributed by atoms with van der Waals surface area (Å²) in [5.41, 5.74) is 0. The fraction of sp³-hybridized carbons (Fsp3) is 1.00. The third-order valence-corrected chi connectivity index (χ3v) is 9.03. The minimum absolute atomic E-state index is 0.613. The molecule has 2 unspecified atom stereocenters. The molecule has 2 atom stereocenters. The Morgan fingerprint density at radius 3 is 2.08 bits per heavy atom. The molecule has 0 amide bonds. The van der Waals surface area contributed by atoms with E-state index in [1.807, 2.05) is 0 Å². The normalized spacial score (nSPS) is 23.1. The predicted molar refractivity (Wildman–Crippen MR) is 110 cm³/mol. The first kappa shape index (κ1) is 20.6. The summed E-state index contributed by atoms with van der Waals surface area (Å²) in [5.74, 6) is 3.11. The summed E-state index contributed by atoms with van der Waals surface area (Å²) in [5, 5.41) is 1.12. The minimum atomic E-state index is 0.613. The van der Waals surface area contributed by atoms with Crippen molar-refractivity contribution in [3.8, 4) is 0 Å². The second kappa shape index (κ2) is 13.5. The molecule has 2 heteroatoms. The fourth-order valence-electron chi connectivity index (χ4n) is 4.40.